The molecule has 2 heterocycles. The van der Waals surface area contributed by atoms with E-state index in [2.05, 4.69) is 5.32 Å². The van der Waals surface area contributed by atoms with Gasteiger partial charge in [0.15, 0.2) is 0 Å². The minimum atomic E-state index is -0.255. The molecule has 6 nitrogen and oxygen atoms in total. The first-order valence-corrected chi connectivity index (χ1v) is 10.1. The van der Waals surface area contributed by atoms with Crippen molar-refractivity contribution in [3.05, 3.63) is 78.1 Å². The molecule has 1 aliphatic rings. The normalized spacial score (nSPS) is 12.9. The number of ether oxygens (including phenoxy) is 2. The molecule has 0 atom stereocenters. The van der Waals surface area contributed by atoms with Crippen LogP contribution in [0, 0.1) is 5.82 Å². The van der Waals surface area contributed by atoms with Crippen LogP contribution in [-0.4, -0.2) is 30.2 Å². The predicted molar refractivity (Wildman–Crippen MR) is 119 cm³/mol. The maximum atomic E-state index is 13.3. The Balaban J connectivity index is 1.59. The molecular weight excluding hydrogens is 395 g/mol. The van der Waals surface area contributed by atoms with E-state index in [0.29, 0.717) is 37.2 Å². The summed E-state index contributed by atoms with van der Waals surface area (Å²) in [7, 11) is 1.63. The van der Waals surface area contributed by atoms with Gasteiger partial charge in [-0.3, -0.25) is 0 Å². The Kier molecular flexibility index (Phi) is 5.00. The van der Waals surface area contributed by atoms with Gasteiger partial charge in [0.1, 0.15) is 35.3 Å². The molecule has 0 amide bonds. The number of nitrogens with zero attached hydrogens (tertiary/aromatic N) is 3. The first kappa shape index (κ1) is 19.1. The van der Waals surface area contributed by atoms with Crippen LogP contribution in [0.3, 0.4) is 0 Å². The average molecular weight is 416 g/mol. The Morgan fingerprint density at radius 3 is 2.71 bits per heavy atom. The topological polar surface area (TPSA) is 59.5 Å². The molecule has 0 unspecified atom stereocenters. The van der Waals surface area contributed by atoms with E-state index in [9.17, 15) is 4.39 Å². The van der Waals surface area contributed by atoms with Crippen molar-refractivity contribution in [1.29, 1.82) is 0 Å². The summed E-state index contributed by atoms with van der Waals surface area (Å²) in [6.45, 7) is 1.68. The van der Waals surface area contributed by atoms with E-state index >= 15 is 0 Å². The number of rotatable bonds is 5. The van der Waals surface area contributed by atoms with E-state index in [1.807, 2.05) is 47.4 Å². The average Bonchev–Trinajstić information content (AvgIpc) is 2.82. The van der Waals surface area contributed by atoms with Gasteiger partial charge in [0, 0.05) is 11.9 Å². The van der Waals surface area contributed by atoms with Crippen LogP contribution in [0.4, 0.5) is 21.8 Å². The van der Waals surface area contributed by atoms with Gasteiger partial charge in [-0.25, -0.2) is 9.37 Å². The zero-order valence-electron chi connectivity index (χ0n) is 17.0. The molecule has 1 aliphatic heterocycles. The van der Waals surface area contributed by atoms with Crippen molar-refractivity contribution in [2.75, 3.05) is 30.5 Å². The Morgan fingerprint density at radius 2 is 1.87 bits per heavy atom. The van der Waals surface area contributed by atoms with Crippen molar-refractivity contribution >= 4 is 28.4 Å². The van der Waals surface area contributed by atoms with Gasteiger partial charge < -0.3 is 19.7 Å². The lowest BCUT2D eigenvalue weighted by Crippen LogP contribution is -2.30. The summed E-state index contributed by atoms with van der Waals surface area (Å²) >= 11 is 0. The molecule has 7 heteroatoms. The number of nitrogens with one attached hydrogen (secondary N) is 1. The summed E-state index contributed by atoms with van der Waals surface area (Å²) in [6, 6.07) is 20.0. The molecule has 156 valence electrons. The van der Waals surface area contributed by atoms with Crippen LogP contribution in [-0.2, 0) is 6.54 Å². The zero-order chi connectivity index (χ0) is 21.2. The maximum absolute atomic E-state index is 13.3. The van der Waals surface area contributed by atoms with Gasteiger partial charge >= 0.3 is 0 Å². The molecule has 0 radical (unpaired) electrons. The van der Waals surface area contributed by atoms with Gasteiger partial charge in [0.2, 0.25) is 5.95 Å². The summed E-state index contributed by atoms with van der Waals surface area (Å²) < 4.78 is 24.6. The number of anilines is 3. The zero-order valence-corrected chi connectivity index (χ0v) is 17.0. The van der Waals surface area contributed by atoms with E-state index in [1.165, 1.54) is 12.1 Å². The minimum Gasteiger partial charge on any atom is -0.494 e. The van der Waals surface area contributed by atoms with Crippen molar-refractivity contribution in [2.24, 2.45) is 0 Å². The highest BCUT2D eigenvalue weighted by Crippen LogP contribution is 2.37. The minimum absolute atomic E-state index is 0.255. The molecule has 5 rings (SSSR count). The number of benzene rings is 3. The molecule has 31 heavy (non-hydrogen) atoms. The highest BCUT2D eigenvalue weighted by molar-refractivity contribution is 5.94. The van der Waals surface area contributed by atoms with E-state index in [1.54, 1.807) is 19.2 Å². The van der Waals surface area contributed by atoms with E-state index in [0.717, 1.165) is 27.9 Å². The lowest BCUT2D eigenvalue weighted by atomic mass is 10.2. The van der Waals surface area contributed by atoms with Crippen LogP contribution < -0.4 is 19.7 Å². The largest absolute Gasteiger partial charge is 0.494 e. The lowest BCUT2D eigenvalue weighted by molar-refractivity contribution is 0.313. The molecule has 3 aromatic carbocycles. The second kappa shape index (κ2) is 8.10. The van der Waals surface area contributed by atoms with E-state index in [4.69, 9.17) is 19.4 Å². The van der Waals surface area contributed by atoms with Gasteiger partial charge in [0.05, 0.1) is 19.3 Å². The van der Waals surface area contributed by atoms with Gasteiger partial charge in [0.25, 0.3) is 0 Å². The molecule has 4 aromatic rings. The first-order valence-electron chi connectivity index (χ1n) is 10.1. The van der Waals surface area contributed by atoms with Crippen molar-refractivity contribution in [3.8, 4) is 11.5 Å². The first-order chi connectivity index (χ1) is 15.2. The molecular formula is C24H21FN4O2. The van der Waals surface area contributed by atoms with Gasteiger partial charge in [-0.2, -0.15) is 4.98 Å². The fourth-order valence-corrected chi connectivity index (χ4v) is 3.70. The highest BCUT2D eigenvalue weighted by atomic mass is 19.1. The predicted octanol–water partition coefficient (Wildman–Crippen LogP) is 4.92. The summed E-state index contributed by atoms with van der Waals surface area (Å²) in [4.78, 5) is 11.7. The second-order valence-corrected chi connectivity index (χ2v) is 7.18. The third-order valence-electron chi connectivity index (χ3n) is 5.24. The summed E-state index contributed by atoms with van der Waals surface area (Å²) in [5, 5.41) is 4.24. The number of hydrogen-bond acceptors (Lipinski definition) is 6. The van der Waals surface area contributed by atoms with Gasteiger partial charge in [-0.15, -0.1) is 0 Å². The monoisotopic (exact) mass is 416 g/mol. The van der Waals surface area contributed by atoms with Crippen molar-refractivity contribution in [1.82, 2.24) is 9.97 Å². The third-order valence-corrected chi connectivity index (χ3v) is 5.24. The van der Waals surface area contributed by atoms with Crippen LogP contribution in [0.5, 0.6) is 11.5 Å². The maximum Gasteiger partial charge on any atom is 0.232 e. The van der Waals surface area contributed by atoms with Crippen LogP contribution in [0.25, 0.3) is 10.9 Å². The van der Waals surface area contributed by atoms with E-state index in [-0.39, 0.29) is 5.82 Å². The number of fused-ring (bicyclic) bond motifs is 2. The lowest BCUT2D eigenvalue weighted by Gasteiger charge is -2.30. The van der Waals surface area contributed by atoms with Gasteiger partial charge in [-0.1, -0.05) is 30.3 Å². The van der Waals surface area contributed by atoms with Crippen LogP contribution >= 0.6 is 0 Å². The van der Waals surface area contributed by atoms with Crippen LogP contribution in [0.15, 0.2) is 66.7 Å². The summed E-state index contributed by atoms with van der Waals surface area (Å²) in [6.07, 6.45) is 0. The van der Waals surface area contributed by atoms with Crippen LogP contribution in [0.2, 0.25) is 0 Å². The SMILES string of the molecule is COc1cccc2c(NCc3ccc(F)cc3)nc(N3CCOc4ccccc43)nc12. The number of methoxy groups -OCH3 is 1. The summed E-state index contributed by atoms with van der Waals surface area (Å²) in [5.41, 5.74) is 2.60. The highest BCUT2D eigenvalue weighted by Gasteiger charge is 2.23. The molecule has 0 fully saturated rings. The number of para-hydroxylation sites is 3. The number of hydrogen-bond donors (Lipinski definition) is 1. The Bertz CT molecular complexity index is 1230. The quantitative estimate of drug-likeness (QED) is 0.498. The fraction of sp³-hybridized carbons (Fsp3) is 0.167. The number of aromatic nitrogens is 2. The molecule has 0 aliphatic carbocycles. The number of halogens is 1. The van der Waals surface area contributed by atoms with Crippen molar-refractivity contribution in [3.63, 3.8) is 0 Å². The standard InChI is InChI=1S/C24H21FN4O2/c1-30-21-8-4-5-18-22(21)27-24(29-13-14-31-20-7-3-2-6-19(20)29)28-23(18)26-15-16-9-11-17(25)12-10-16/h2-12H,13-15H2,1H3,(H,26,27,28). The smallest absolute Gasteiger partial charge is 0.232 e. The molecule has 0 spiro atoms. The third kappa shape index (κ3) is 3.70. The Hall–Kier alpha value is -3.87. The van der Waals surface area contributed by atoms with Gasteiger partial charge in [-0.05, 0) is 42.0 Å². The second-order valence-electron chi connectivity index (χ2n) is 7.18. The summed E-state index contributed by atoms with van der Waals surface area (Å²) in [5.74, 6) is 2.47. The van der Waals surface area contributed by atoms with Crippen molar-refractivity contribution in [2.45, 2.75) is 6.54 Å². The molecule has 0 saturated heterocycles. The molecule has 1 aromatic heterocycles. The molecule has 0 bridgehead atoms. The Morgan fingerprint density at radius 1 is 1.03 bits per heavy atom. The van der Waals surface area contributed by atoms with Crippen molar-refractivity contribution < 1.29 is 13.9 Å². The molecule has 0 saturated carbocycles. The van der Waals surface area contributed by atoms with E-state index < -0.39 is 0 Å². The fourth-order valence-electron chi connectivity index (χ4n) is 3.70. The Labute approximate surface area is 179 Å². The molecule has 1 N–H and O–H groups in total. The van der Waals surface area contributed by atoms with Crippen LogP contribution in [0.1, 0.15) is 5.56 Å².